The minimum absolute atomic E-state index is 0.0982. The molecule has 7 heteroatoms. The molecule has 0 saturated carbocycles. The Morgan fingerprint density at radius 3 is 2.28 bits per heavy atom. The van der Waals surface area contributed by atoms with E-state index in [9.17, 15) is 13.2 Å². The van der Waals surface area contributed by atoms with Gasteiger partial charge in [0.1, 0.15) is 0 Å². The lowest BCUT2D eigenvalue weighted by atomic mass is 10.2. The van der Waals surface area contributed by atoms with Crippen LogP contribution in [0.3, 0.4) is 0 Å². The molecule has 0 aromatic carbocycles. The summed E-state index contributed by atoms with van der Waals surface area (Å²) in [7, 11) is -2.03. The molecule has 0 aromatic heterocycles. The van der Waals surface area contributed by atoms with Crippen LogP contribution in [-0.4, -0.2) is 55.9 Å². The van der Waals surface area contributed by atoms with Gasteiger partial charge in [-0.05, 0) is 12.8 Å². The number of carboxylic acid groups (broad SMARTS) is 1. The van der Waals surface area contributed by atoms with Crippen molar-refractivity contribution in [2.24, 2.45) is 0 Å². The second-order valence-electron chi connectivity index (χ2n) is 4.03. The molecule has 0 spiro atoms. The number of hydrogen-bond donors (Lipinski definition) is 1. The molecule has 0 amide bonds. The number of carboxylic acids is 1. The predicted molar refractivity (Wildman–Crippen MR) is 69.0 cm³/mol. The van der Waals surface area contributed by atoms with Crippen LogP contribution in [0.1, 0.15) is 33.1 Å². The molecule has 6 nitrogen and oxygen atoms in total. The monoisotopic (exact) mass is 281 g/mol. The van der Waals surface area contributed by atoms with Crippen molar-refractivity contribution in [3.05, 3.63) is 0 Å². The fourth-order valence-electron chi connectivity index (χ4n) is 1.76. The molecule has 18 heavy (non-hydrogen) atoms. The van der Waals surface area contributed by atoms with Crippen molar-refractivity contribution in [2.45, 2.75) is 39.2 Å². The van der Waals surface area contributed by atoms with Crippen LogP contribution < -0.4 is 0 Å². The standard InChI is InChI=1S/C11H23NO5S/c1-4-10(5-2)12(7-8-17-3)18(15,16)9-6-11(13)14/h10H,4-9H2,1-3H3,(H,13,14). The summed E-state index contributed by atoms with van der Waals surface area (Å²) in [5.74, 6) is -1.46. The van der Waals surface area contributed by atoms with Gasteiger partial charge >= 0.3 is 5.97 Å². The Labute approximate surface area is 109 Å². The lowest BCUT2D eigenvalue weighted by Gasteiger charge is -2.29. The average Bonchev–Trinajstić information content (AvgIpc) is 2.32. The molecule has 1 N–H and O–H groups in total. The van der Waals surface area contributed by atoms with Gasteiger partial charge in [0.2, 0.25) is 10.0 Å². The van der Waals surface area contributed by atoms with E-state index >= 15 is 0 Å². The highest BCUT2D eigenvalue weighted by Crippen LogP contribution is 2.14. The van der Waals surface area contributed by atoms with E-state index in [4.69, 9.17) is 9.84 Å². The molecular formula is C11H23NO5S. The van der Waals surface area contributed by atoms with E-state index in [1.54, 1.807) is 0 Å². The van der Waals surface area contributed by atoms with Crippen molar-refractivity contribution < 1.29 is 23.1 Å². The summed E-state index contributed by atoms with van der Waals surface area (Å²) in [4.78, 5) is 10.5. The molecule has 0 atom stereocenters. The minimum atomic E-state index is -3.54. The van der Waals surface area contributed by atoms with Crippen molar-refractivity contribution in [3.63, 3.8) is 0 Å². The van der Waals surface area contributed by atoms with E-state index in [0.29, 0.717) is 19.4 Å². The first-order valence-electron chi connectivity index (χ1n) is 6.09. The Bertz CT molecular complexity index is 337. The number of carbonyl (C=O) groups is 1. The highest BCUT2D eigenvalue weighted by atomic mass is 32.2. The van der Waals surface area contributed by atoms with Crippen LogP contribution in [0.15, 0.2) is 0 Å². The van der Waals surface area contributed by atoms with Crippen LogP contribution >= 0.6 is 0 Å². The third kappa shape index (κ3) is 5.79. The number of methoxy groups -OCH3 is 1. The Morgan fingerprint density at radius 2 is 1.89 bits per heavy atom. The van der Waals surface area contributed by atoms with Crippen LogP contribution in [0.2, 0.25) is 0 Å². The van der Waals surface area contributed by atoms with E-state index < -0.39 is 16.0 Å². The van der Waals surface area contributed by atoms with Crippen LogP contribution in [0.25, 0.3) is 0 Å². The van der Waals surface area contributed by atoms with Gasteiger partial charge in [0.25, 0.3) is 0 Å². The van der Waals surface area contributed by atoms with E-state index in [1.807, 2.05) is 13.8 Å². The molecule has 0 aliphatic rings. The van der Waals surface area contributed by atoms with Gasteiger partial charge in [0.05, 0.1) is 18.8 Å². The molecule has 0 saturated heterocycles. The van der Waals surface area contributed by atoms with Gasteiger partial charge in [0, 0.05) is 19.7 Å². The zero-order valence-electron chi connectivity index (χ0n) is 11.3. The van der Waals surface area contributed by atoms with Crippen LogP contribution in [-0.2, 0) is 19.6 Å². The average molecular weight is 281 g/mol. The normalized spacial score (nSPS) is 12.3. The van der Waals surface area contributed by atoms with Gasteiger partial charge in [-0.25, -0.2) is 8.42 Å². The van der Waals surface area contributed by atoms with Crippen molar-refractivity contribution in [2.75, 3.05) is 26.0 Å². The molecule has 0 heterocycles. The highest BCUT2D eigenvalue weighted by molar-refractivity contribution is 7.89. The van der Waals surface area contributed by atoms with Gasteiger partial charge < -0.3 is 9.84 Å². The third-order valence-electron chi connectivity index (χ3n) is 2.80. The topological polar surface area (TPSA) is 83.9 Å². The fraction of sp³-hybridized carbons (Fsp3) is 0.909. The molecule has 0 bridgehead atoms. The lowest BCUT2D eigenvalue weighted by Crippen LogP contribution is -2.43. The molecule has 0 radical (unpaired) electrons. The molecule has 0 rings (SSSR count). The van der Waals surface area contributed by atoms with Gasteiger partial charge in [-0.1, -0.05) is 13.8 Å². The Balaban J connectivity index is 4.85. The van der Waals surface area contributed by atoms with E-state index in [0.717, 1.165) is 0 Å². The second-order valence-corrected chi connectivity index (χ2v) is 6.07. The van der Waals surface area contributed by atoms with Crippen molar-refractivity contribution in [1.29, 1.82) is 0 Å². The maximum Gasteiger partial charge on any atom is 0.304 e. The lowest BCUT2D eigenvalue weighted by molar-refractivity contribution is -0.136. The van der Waals surface area contributed by atoms with E-state index in [1.165, 1.54) is 11.4 Å². The second kappa shape index (κ2) is 8.44. The molecular weight excluding hydrogens is 258 g/mol. The molecule has 0 aliphatic carbocycles. The summed E-state index contributed by atoms with van der Waals surface area (Å²) >= 11 is 0. The molecule has 0 unspecified atom stereocenters. The van der Waals surface area contributed by atoms with Gasteiger partial charge in [-0.3, -0.25) is 4.79 Å². The molecule has 0 aromatic rings. The van der Waals surface area contributed by atoms with Crippen molar-refractivity contribution in [1.82, 2.24) is 4.31 Å². The first kappa shape index (κ1) is 17.3. The van der Waals surface area contributed by atoms with E-state index in [-0.39, 0.29) is 24.8 Å². The first-order chi connectivity index (χ1) is 8.38. The van der Waals surface area contributed by atoms with Gasteiger partial charge in [0.15, 0.2) is 0 Å². The van der Waals surface area contributed by atoms with Crippen LogP contribution in [0.4, 0.5) is 0 Å². The number of ether oxygens (including phenoxy) is 1. The largest absolute Gasteiger partial charge is 0.481 e. The van der Waals surface area contributed by atoms with E-state index in [2.05, 4.69) is 0 Å². The smallest absolute Gasteiger partial charge is 0.304 e. The quantitative estimate of drug-likeness (QED) is 0.644. The van der Waals surface area contributed by atoms with Crippen molar-refractivity contribution >= 4 is 16.0 Å². The third-order valence-corrected chi connectivity index (χ3v) is 4.71. The minimum Gasteiger partial charge on any atom is -0.481 e. The maximum absolute atomic E-state index is 12.1. The fourth-order valence-corrected chi connectivity index (χ4v) is 3.53. The molecule has 0 fully saturated rings. The Kier molecular flexibility index (Phi) is 8.13. The van der Waals surface area contributed by atoms with Crippen LogP contribution in [0, 0.1) is 0 Å². The highest BCUT2D eigenvalue weighted by Gasteiger charge is 2.28. The molecule has 108 valence electrons. The van der Waals surface area contributed by atoms with Gasteiger partial charge in [-0.2, -0.15) is 4.31 Å². The predicted octanol–water partition coefficient (Wildman–Crippen LogP) is 0.928. The first-order valence-corrected chi connectivity index (χ1v) is 7.70. The number of rotatable bonds is 10. The summed E-state index contributed by atoms with van der Waals surface area (Å²) in [6, 6.07) is -0.0982. The Morgan fingerprint density at radius 1 is 1.33 bits per heavy atom. The zero-order chi connectivity index (χ0) is 14.2. The van der Waals surface area contributed by atoms with Gasteiger partial charge in [-0.15, -0.1) is 0 Å². The summed E-state index contributed by atoms with van der Waals surface area (Å²) in [5, 5.41) is 8.58. The van der Waals surface area contributed by atoms with Crippen LogP contribution in [0.5, 0.6) is 0 Å². The number of aliphatic carboxylic acids is 1. The number of nitrogens with zero attached hydrogens (tertiary/aromatic N) is 1. The Hall–Kier alpha value is -0.660. The molecule has 0 aliphatic heterocycles. The maximum atomic E-state index is 12.1. The number of hydrogen-bond acceptors (Lipinski definition) is 4. The summed E-state index contributed by atoms with van der Waals surface area (Å²) in [5.41, 5.74) is 0. The summed E-state index contributed by atoms with van der Waals surface area (Å²) in [6.07, 6.45) is 1.03. The summed E-state index contributed by atoms with van der Waals surface area (Å²) < 4.78 is 30.5. The summed E-state index contributed by atoms with van der Waals surface area (Å²) in [6.45, 7) is 4.41. The van der Waals surface area contributed by atoms with Crippen molar-refractivity contribution in [3.8, 4) is 0 Å². The number of sulfonamides is 1. The SMILES string of the molecule is CCC(CC)N(CCOC)S(=O)(=O)CCC(=O)O. The zero-order valence-corrected chi connectivity index (χ0v) is 12.1.